The van der Waals surface area contributed by atoms with E-state index in [0.29, 0.717) is 16.3 Å². The fourth-order valence-electron chi connectivity index (χ4n) is 3.16. The number of nitrogens with one attached hydrogen (secondary N) is 2. The Morgan fingerprint density at radius 3 is 2.62 bits per heavy atom. The van der Waals surface area contributed by atoms with E-state index < -0.39 is 29.9 Å². The van der Waals surface area contributed by atoms with Crippen LogP contribution in [-0.4, -0.2) is 36.4 Å². The number of carbonyl (C=O) groups excluding carboxylic acids is 3. The van der Waals surface area contributed by atoms with Crippen LogP contribution in [0.2, 0.25) is 10.0 Å². The molecule has 1 atom stereocenters. The summed E-state index contributed by atoms with van der Waals surface area (Å²) in [5.74, 6) is -0.419. The van der Waals surface area contributed by atoms with Gasteiger partial charge in [0.15, 0.2) is 0 Å². The third kappa shape index (κ3) is 4.16. The minimum absolute atomic E-state index is 0.201. The molecule has 1 fully saturated rings. The lowest BCUT2D eigenvalue weighted by Crippen LogP contribution is -2.43. The Balaban J connectivity index is 1.70. The molecule has 1 saturated heterocycles. The molecule has 9 heteroatoms. The smallest absolute Gasteiger partial charge is 0.325 e. The number of nitrogens with zero attached hydrogens (tertiary/aromatic N) is 1. The molecule has 2 aromatic rings. The zero-order chi connectivity index (χ0) is 21.2. The summed E-state index contributed by atoms with van der Waals surface area (Å²) >= 11 is 12.1. The first-order valence-corrected chi connectivity index (χ1v) is 9.50. The monoisotopic (exact) mass is 435 g/mol. The first-order chi connectivity index (χ1) is 13.8. The molecule has 0 aromatic heterocycles. The maximum absolute atomic E-state index is 12.9. The molecule has 2 aromatic carbocycles. The molecule has 152 valence electrons. The van der Waals surface area contributed by atoms with Gasteiger partial charge in [0.1, 0.15) is 17.8 Å². The summed E-state index contributed by atoms with van der Waals surface area (Å²) in [6.07, 6.45) is 0. The van der Waals surface area contributed by atoms with Crippen LogP contribution in [0.15, 0.2) is 42.5 Å². The maximum atomic E-state index is 12.9. The van der Waals surface area contributed by atoms with E-state index >= 15 is 0 Å². The van der Waals surface area contributed by atoms with E-state index in [9.17, 15) is 14.4 Å². The number of imide groups is 1. The van der Waals surface area contributed by atoms with Crippen molar-refractivity contribution in [1.29, 1.82) is 0 Å². The Bertz CT molecular complexity index is 982. The molecule has 29 heavy (non-hydrogen) atoms. The molecule has 1 unspecified atom stereocenters. The van der Waals surface area contributed by atoms with Crippen molar-refractivity contribution in [3.05, 3.63) is 63.6 Å². The number of carbonyl (C=O) groups is 3. The van der Waals surface area contributed by atoms with Crippen LogP contribution in [0, 0.1) is 0 Å². The average molecular weight is 436 g/mol. The van der Waals surface area contributed by atoms with Crippen LogP contribution >= 0.6 is 23.2 Å². The van der Waals surface area contributed by atoms with Crippen molar-refractivity contribution in [2.75, 3.05) is 13.7 Å². The Morgan fingerprint density at radius 1 is 1.21 bits per heavy atom. The molecule has 0 bridgehead atoms. The topological polar surface area (TPSA) is 87.7 Å². The van der Waals surface area contributed by atoms with Gasteiger partial charge in [0.2, 0.25) is 5.91 Å². The van der Waals surface area contributed by atoms with Crippen molar-refractivity contribution in [1.82, 2.24) is 15.5 Å². The summed E-state index contributed by atoms with van der Waals surface area (Å²) in [6, 6.07) is 11.2. The molecule has 7 nitrogen and oxygen atoms in total. The Labute approximate surface area is 177 Å². The third-order valence-corrected chi connectivity index (χ3v) is 5.26. The van der Waals surface area contributed by atoms with E-state index in [4.69, 9.17) is 27.9 Å². The lowest BCUT2D eigenvalue weighted by molar-refractivity contribution is -0.134. The van der Waals surface area contributed by atoms with Gasteiger partial charge in [-0.15, -0.1) is 0 Å². The van der Waals surface area contributed by atoms with Gasteiger partial charge in [0, 0.05) is 27.7 Å². The summed E-state index contributed by atoms with van der Waals surface area (Å²) in [5, 5.41) is 5.96. The van der Waals surface area contributed by atoms with Crippen LogP contribution < -0.4 is 15.4 Å². The largest absolute Gasteiger partial charge is 0.496 e. The van der Waals surface area contributed by atoms with Crippen LogP contribution in [0.4, 0.5) is 4.79 Å². The number of hydrogen-bond acceptors (Lipinski definition) is 4. The first-order valence-electron chi connectivity index (χ1n) is 8.74. The number of urea groups is 1. The van der Waals surface area contributed by atoms with Crippen molar-refractivity contribution < 1.29 is 19.1 Å². The van der Waals surface area contributed by atoms with Gasteiger partial charge in [-0.05, 0) is 25.1 Å². The molecule has 0 spiro atoms. The number of rotatable bonds is 6. The van der Waals surface area contributed by atoms with Gasteiger partial charge in [-0.2, -0.15) is 0 Å². The molecule has 1 aliphatic rings. The van der Waals surface area contributed by atoms with Crippen LogP contribution in [0.5, 0.6) is 5.75 Å². The lowest BCUT2D eigenvalue weighted by Gasteiger charge is -2.23. The molecule has 1 aliphatic heterocycles. The Hall–Kier alpha value is -2.77. The van der Waals surface area contributed by atoms with Gasteiger partial charge in [-0.1, -0.05) is 47.5 Å². The predicted molar refractivity (Wildman–Crippen MR) is 109 cm³/mol. The molecule has 0 saturated carbocycles. The van der Waals surface area contributed by atoms with E-state index in [-0.39, 0.29) is 11.6 Å². The minimum atomic E-state index is -1.39. The highest BCUT2D eigenvalue weighted by Gasteiger charge is 2.50. The summed E-state index contributed by atoms with van der Waals surface area (Å²) in [6.45, 7) is 1.32. The second kappa shape index (κ2) is 8.31. The van der Waals surface area contributed by atoms with Crippen molar-refractivity contribution in [3.8, 4) is 5.75 Å². The van der Waals surface area contributed by atoms with Gasteiger partial charge in [-0.3, -0.25) is 14.5 Å². The van der Waals surface area contributed by atoms with Crippen molar-refractivity contribution in [2.24, 2.45) is 0 Å². The van der Waals surface area contributed by atoms with E-state index in [0.717, 1.165) is 10.5 Å². The molecule has 2 N–H and O–H groups in total. The van der Waals surface area contributed by atoms with Crippen LogP contribution in [0.3, 0.4) is 0 Å². The summed E-state index contributed by atoms with van der Waals surface area (Å²) in [5.41, 5.74) is -0.209. The second-order valence-corrected chi connectivity index (χ2v) is 7.50. The summed E-state index contributed by atoms with van der Waals surface area (Å²) in [4.78, 5) is 38.5. The van der Waals surface area contributed by atoms with E-state index in [1.54, 1.807) is 18.2 Å². The number of benzene rings is 2. The summed E-state index contributed by atoms with van der Waals surface area (Å²) < 4.78 is 5.24. The quantitative estimate of drug-likeness (QED) is 0.682. The van der Waals surface area contributed by atoms with Crippen molar-refractivity contribution in [3.63, 3.8) is 0 Å². The van der Waals surface area contributed by atoms with Gasteiger partial charge >= 0.3 is 6.03 Å². The lowest BCUT2D eigenvalue weighted by atomic mass is 9.92. The van der Waals surface area contributed by atoms with E-state index in [2.05, 4.69) is 10.6 Å². The fourth-order valence-corrected chi connectivity index (χ4v) is 3.76. The number of amides is 4. The van der Waals surface area contributed by atoms with Gasteiger partial charge in [0.05, 0.1) is 7.11 Å². The average Bonchev–Trinajstić information content (AvgIpc) is 2.90. The minimum Gasteiger partial charge on any atom is -0.496 e. The predicted octanol–water partition coefficient (Wildman–Crippen LogP) is 3.09. The maximum Gasteiger partial charge on any atom is 0.325 e. The van der Waals surface area contributed by atoms with Crippen LogP contribution in [0.1, 0.15) is 18.1 Å². The highest BCUT2D eigenvalue weighted by molar-refractivity contribution is 6.35. The Kier molecular flexibility index (Phi) is 6.00. The number of para-hydroxylation sites is 1. The van der Waals surface area contributed by atoms with Crippen molar-refractivity contribution >= 4 is 41.0 Å². The third-order valence-electron chi connectivity index (χ3n) is 4.72. The fraction of sp³-hybridized carbons (Fsp3) is 0.250. The molecule has 1 heterocycles. The first kappa shape index (κ1) is 21.0. The van der Waals surface area contributed by atoms with E-state index in [1.165, 1.54) is 20.1 Å². The van der Waals surface area contributed by atoms with Crippen molar-refractivity contribution in [2.45, 2.75) is 19.0 Å². The normalized spacial score (nSPS) is 18.6. The highest BCUT2D eigenvalue weighted by atomic mass is 35.5. The Morgan fingerprint density at radius 2 is 1.93 bits per heavy atom. The molecule has 4 amide bonds. The molecular formula is C20H19Cl2N3O4. The van der Waals surface area contributed by atoms with Gasteiger partial charge in [0.25, 0.3) is 5.91 Å². The summed E-state index contributed by atoms with van der Waals surface area (Å²) in [7, 11) is 1.54. The van der Waals surface area contributed by atoms with Gasteiger partial charge in [-0.25, -0.2) is 4.79 Å². The number of ether oxygens (including phenoxy) is 1. The molecule has 0 radical (unpaired) electrons. The molecular weight excluding hydrogens is 417 g/mol. The highest BCUT2D eigenvalue weighted by Crippen LogP contribution is 2.34. The SMILES string of the molecule is COc1ccccc1CNC(=O)CN1C(=O)NC(C)(c2ccc(Cl)cc2Cl)C1=O. The zero-order valence-electron chi connectivity index (χ0n) is 15.8. The number of methoxy groups -OCH3 is 1. The van der Waals surface area contributed by atoms with Crippen LogP contribution in [-0.2, 0) is 21.7 Å². The molecule has 0 aliphatic carbocycles. The standard InChI is InChI=1S/C20H19Cl2N3O4/c1-20(14-8-7-13(21)9-15(14)22)18(27)25(19(28)24-20)11-17(26)23-10-12-5-3-4-6-16(12)29-2/h3-9H,10-11H2,1-2H3,(H,23,26)(H,24,28). The van der Waals surface area contributed by atoms with E-state index in [1.807, 2.05) is 18.2 Å². The molecule has 3 rings (SSSR count). The second-order valence-electron chi connectivity index (χ2n) is 6.66. The van der Waals surface area contributed by atoms with Crippen LogP contribution in [0.25, 0.3) is 0 Å². The zero-order valence-corrected chi connectivity index (χ0v) is 17.3. The van der Waals surface area contributed by atoms with Gasteiger partial charge < -0.3 is 15.4 Å². The number of halogens is 2. The number of hydrogen-bond donors (Lipinski definition) is 2.